The lowest BCUT2D eigenvalue weighted by molar-refractivity contribution is -0.155. The second-order valence-corrected chi connectivity index (χ2v) is 5.85. The number of nitrogens with one attached hydrogen (secondary N) is 1. The molecule has 2 aromatic rings. The van der Waals surface area contributed by atoms with Gasteiger partial charge in [0.05, 0.1) is 0 Å². The summed E-state index contributed by atoms with van der Waals surface area (Å²) in [5, 5.41) is 2.59. The number of primary amides is 1. The number of benzene rings is 2. The van der Waals surface area contributed by atoms with Gasteiger partial charge in [-0.2, -0.15) is 0 Å². The third-order valence-electron chi connectivity index (χ3n) is 3.80. The molecule has 7 nitrogen and oxygen atoms in total. The van der Waals surface area contributed by atoms with Crippen molar-refractivity contribution < 1.29 is 23.9 Å². The molecule has 0 spiro atoms. The highest BCUT2D eigenvalue weighted by molar-refractivity contribution is 5.96. The molecule has 7 heteroatoms. The number of rotatable bonds is 8. The number of esters is 1. The molecule has 2 aromatic carbocycles. The van der Waals surface area contributed by atoms with Crippen molar-refractivity contribution in [3.63, 3.8) is 0 Å². The van der Waals surface area contributed by atoms with Crippen LogP contribution in [-0.4, -0.2) is 30.5 Å². The molecule has 3 N–H and O–H groups in total. The van der Waals surface area contributed by atoms with Crippen LogP contribution in [0.1, 0.15) is 29.8 Å². The molecule has 0 aromatic heterocycles. The molecule has 0 aliphatic rings. The van der Waals surface area contributed by atoms with E-state index in [1.54, 1.807) is 12.1 Å². The highest BCUT2D eigenvalue weighted by Crippen LogP contribution is 2.13. The summed E-state index contributed by atoms with van der Waals surface area (Å²) in [5.74, 6) is -1.15. The zero-order valence-corrected chi connectivity index (χ0v) is 15.2. The molecule has 0 unspecified atom stereocenters. The molecule has 0 fully saturated rings. The van der Waals surface area contributed by atoms with E-state index in [-0.39, 0.29) is 6.61 Å². The Morgan fingerprint density at radius 2 is 1.67 bits per heavy atom. The Bertz CT molecular complexity index is 800. The van der Waals surface area contributed by atoms with Crippen LogP contribution in [0, 0.1) is 0 Å². The van der Waals surface area contributed by atoms with Crippen molar-refractivity contribution in [2.45, 2.75) is 26.4 Å². The standard InChI is InChI=1S/C20H22N2O5/c1-3-14-4-10-17(11-5-14)26-12-18(23)27-13(2)20(25)22-16-8-6-15(7-9-16)19(21)24/h4-11,13H,3,12H2,1-2H3,(H2,21,24)(H,22,25)/t13-/m0/s1. The van der Waals surface area contributed by atoms with Crippen LogP contribution in [-0.2, 0) is 20.7 Å². The first-order chi connectivity index (χ1) is 12.9. The molecule has 27 heavy (non-hydrogen) atoms. The third kappa shape index (κ3) is 6.14. The van der Waals surface area contributed by atoms with Gasteiger partial charge in [0, 0.05) is 11.3 Å². The molecule has 0 saturated carbocycles. The van der Waals surface area contributed by atoms with Crippen LogP contribution in [0.5, 0.6) is 5.75 Å². The minimum absolute atomic E-state index is 0.295. The maximum absolute atomic E-state index is 12.1. The highest BCUT2D eigenvalue weighted by atomic mass is 16.6. The molecule has 2 amide bonds. The van der Waals surface area contributed by atoms with Crippen LogP contribution in [0.3, 0.4) is 0 Å². The number of hydrogen-bond acceptors (Lipinski definition) is 5. The number of anilines is 1. The molecule has 0 saturated heterocycles. The lowest BCUT2D eigenvalue weighted by Crippen LogP contribution is -2.31. The summed E-state index contributed by atoms with van der Waals surface area (Å²) < 4.78 is 10.4. The highest BCUT2D eigenvalue weighted by Gasteiger charge is 2.18. The van der Waals surface area contributed by atoms with Crippen LogP contribution < -0.4 is 15.8 Å². The molecule has 0 heterocycles. The van der Waals surface area contributed by atoms with Crippen molar-refractivity contribution in [2.24, 2.45) is 5.73 Å². The van der Waals surface area contributed by atoms with Gasteiger partial charge >= 0.3 is 5.97 Å². The zero-order chi connectivity index (χ0) is 19.8. The van der Waals surface area contributed by atoms with Gasteiger partial charge in [0.15, 0.2) is 12.7 Å². The van der Waals surface area contributed by atoms with Crippen LogP contribution in [0.25, 0.3) is 0 Å². The van der Waals surface area contributed by atoms with Crippen LogP contribution in [0.2, 0.25) is 0 Å². The normalized spacial score (nSPS) is 11.3. The van der Waals surface area contributed by atoms with Gasteiger partial charge in [-0.15, -0.1) is 0 Å². The second-order valence-electron chi connectivity index (χ2n) is 5.85. The van der Waals surface area contributed by atoms with Gasteiger partial charge in [0.1, 0.15) is 5.75 Å². The molecule has 0 aliphatic carbocycles. The number of aryl methyl sites for hydroxylation is 1. The van der Waals surface area contributed by atoms with Crippen molar-refractivity contribution in [2.75, 3.05) is 11.9 Å². The van der Waals surface area contributed by atoms with E-state index < -0.39 is 23.9 Å². The van der Waals surface area contributed by atoms with Crippen molar-refractivity contribution in [3.05, 3.63) is 59.7 Å². The molecule has 142 valence electrons. The van der Waals surface area contributed by atoms with E-state index in [4.69, 9.17) is 15.2 Å². The molecule has 0 aliphatic heterocycles. The Labute approximate surface area is 157 Å². The Morgan fingerprint density at radius 1 is 1.04 bits per heavy atom. The van der Waals surface area contributed by atoms with Crippen LogP contribution in [0.15, 0.2) is 48.5 Å². The lowest BCUT2D eigenvalue weighted by atomic mass is 10.2. The number of nitrogens with two attached hydrogens (primary N) is 1. The number of amides is 2. The lowest BCUT2D eigenvalue weighted by Gasteiger charge is -2.14. The van der Waals surface area contributed by atoms with Gasteiger partial charge in [0.25, 0.3) is 5.91 Å². The van der Waals surface area contributed by atoms with E-state index >= 15 is 0 Å². The van der Waals surface area contributed by atoms with Gasteiger partial charge in [-0.25, -0.2) is 4.79 Å². The van der Waals surface area contributed by atoms with Crippen LogP contribution in [0.4, 0.5) is 5.69 Å². The van der Waals surface area contributed by atoms with Crippen molar-refractivity contribution in [1.82, 2.24) is 0 Å². The molecular formula is C20H22N2O5. The summed E-state index contributed by atoms with van der Waals surface area (Å²) in [5.41, 5.74) is 7.11. The van der Waals surface area contributed by atoms with E-state index in [0.717, 1.165) is 6.42 Å². The Balaban J connectivity index is 1.80. The summed E-state index contributed by atoms with van der Waals surface area (Å²) >= 11 is 0. The van der Waals surface area contributed by atoms with Gasteiger partial charge < -0.3 is 20.5 Å². The quantitative estimate of drug-likeness (QED) is 0.693. The molecule has 0 radical (unpaired) electrons. The van der Waals surface area contributed by atoms with Crippen molar-refractivity contribution >= 4 is 23.5 Å². The summed E-state index contributed by atoms with van der Waals surface area (Å²) in [6, 6.07) is 13.4. The van der Waals surface area contributed by atoms with Crippen molar-refractivity contribution in [1.29, 1.82) is 0 Å². The molecule has 1 atom stereocenters. The molecule has 0 bridgehead atoms. The summed E-state index contributed by atoms with van der Waals surface area (Å²) in [4.78, 5) is 35.0. The van der Waals surface area contributed by atoms with Gasteiger partial charge in [-0.05, 0) is 55.3 Å². The average Bonchev–Trinajstić information content (AvgIpc) is 2.67. The van der Waals surface area contributed by atoms with Gasteiger partial charge in [-0.3, -0.25) is 9.59 Å². The summed E-state index contributed by atoms with van der Waals surface area (Å²) in [6.07, 6.45) is -0.0837. The smallest absolute Gasteiger partial charge is 0.344 e. The largest absolute Gasteiger partial charge is 0.482 e. The number of carbonyl (C=O) groups excluding carboxylic acids is 3. The Morgan fingerprint density at radius 3 is 2.22 bits per heavy atom. The minimum atomic E-state index is -1.00. The number of carbonyl (C=O) groups is 3. The van der Waals surface area contributed by atoms with Crippen LogP contribution >= 0.6 is 0 Å². The fraction of sp³-hybridized carbons (Fsp3) is 0.250. The first-order valence-electron chi connectivity index (χ1n) is 8.51. The average molecular weight is 370 g/mol. The van der Waals surface area contributed by atoms with Gasteiger partial charge in [0.2, 0.25) is 5.91 Å². The predicted octanol–water partition coefficient (Wildman–Crippen LogP) is 2.30. The van der Waals surface area contributed by atoms with E-state index in [9.17, 15) is 14.4 Å². The van der Waals surface area contributed by atoms with Gasteiger partial charge in [-0.1, -0.05) is 19.1 Å². The monoisotopic (exact) mass is 370 g/mol. The maximum atomic E-state index is 12.1. The summed E-state index contributed by atoms with van der Waals surface area (Å²) in [6.45, 7) is 3.21. The minimum Gasteiger partial charge on any atom is -0.482 e. The first kappa shape index (κ1) is 20.0. The SMILES string of the molecule is CCc1ccc(OCC(=O)O[C@@H](C)C(=O)Nc2ccc(C(N)=O)cc2)cc1. The second kappa shape index (κ2) is 9.38. The van der Waals surface area contributed by atoms with E-state index in [1.807, 2.05) is 19.1 Å². The first-order valence-corrected chi connectivity index (χ1v) is 8.51. The Hall–Kier alpha value is -3.35. The Kier molecular flexibility index (Phi) is 6.93. The summed E-state index contributed by atoms with van der Waals surface area (Å²) in [7, 11) is 0. The van der Waals surface area contributed by atoms with E-state index in [1.165, 1.54) is 36.8 Å². The number of hydrogen-bond donors (Lipinski definition) is 2. The fourth-order valence-electron chi connectivity index (χ4n) is 2.21. The number of ether oxygens (including phenoxy) is 2. The van der Waals surface area contributed by atoms with E-state index in [2.05, 4.69) is 5.32 Å². The predicted molar refractivity (Wildman–Crippen MR) is 100 cm³/mol. The molecule has 2 rings (SSSR count). The molecular weight excluding hydrogens is 348 g/mol. The zero-order valence-electron chi connectivity index (χ0n) is 15.2. The van der Waals surface area contributed by atoms with E-state index in [0.29, 0.717) is 17.0 Å². The fourth-order valence-corrected chi connectivity index (χ4v) is 2.21. The maximum Gasteiger partial charge on any atom is 0.344 e. The topological polar surface area (TPSA) is 108 Å². The van der Waals surface area contributed by atoms with Crippen molar-refractivity contribution in [3.8, 4) is 5.75 Å². The third-order valence-corrected chi connectivity index (χ3v) is 3.80.